The first-order valence-corrected chi connectivity index (χ1v) is 11.1. The van der Waals surface area contributed by atoms with Gasteiger partial charge in [-0.3, -0.25) is 25.0 Å². The Kier molecular flexibility index (Phi) is 6.66. The minimum absolute atomic E-state index is 0.0260. The quantitative estimate of drug-likeness (QED) is 0.267. The maximum atomic E-state index is 12.4. The Balaban J connectivity index is 1.33. The van der Waals surface area contributed by atoms with Gasteiger partial charge in [-0.1, -0.05) is 23.4 Å². The van der Waals surface area contributed by atoms with Gasteiger partial charge < -0.3 is 9.52 Å². The van der Waals surface area contributed by atoms with Crippen LogP contribution in [0.1, 0.15) is 17.4 Å². The van der Waals surface area contributed by atoms with Crippen LogP contribution in [0.3, 0.4) is 0 Å². The molecule has 13 heteroatoms. The fourth-order valence-corrected chi connectivity index (χ4v) is 3.80. The summed E-state index contributed by atoms with van der Waals surface area (Å²) in [4.78, 5) is 24.6. The zero-order chi connectivity index (χ0) is 23.4. The number of thioether (sulfide) groups is 1. The van der Waals surface area contributed by atoms with Crippen molar-refractivity contribution in [2.45, 2.75) is 18.6 Å². The van der Waals surface area contributed by atoms with Gasteiger partial charge in [-0.15, -0.1) is 10.2 Å². The molecule has 1 aromatic carbocycles. The second-order valence-electron chi connectivity index (χ2n) is 6.60. The molecule has 0 atom stereocenters. The van der Waals surface area contributed by atoms with Crippen LogP contribution in [-0.4, -0.2) is 47.2 Å². The Bertz CT molecular complexity index is 1270. The van der Waals surface area contributed by atoms with Crippen LogP contribution in [0.5, 0.6) is 5.75 Å². The smallest absolute Gasteiger partial charge is 0.294 e. The van der Waals surface area contributed by atoms with Gasteiger partial charge in [0.05, 0.1) is 23.9 Å². The normalized spacial score (nSPS) is 10.8. The number of hydrogen-bond acceptors (Lipinski definition) is 8. The monoisotopic (exact) mass is 487 g/mol. The molecule has 3 heterocycles. The van der Waals surface area contributed by atoms with Gasteiger partial charge in [-0.25, -0.2) is 4.68 Å². The van der Waals surface area contributed by atoms with E-state index in [2.05, 4.69) is 26.1 Å². The number of carbonyl (C=O) groups excluding carboxylic acids is 2. The van der Waals surface area contributed by atoms with Crippen LogP contribution in [0.2, 0.25) is 5.02 Å². The molecule has 33 heavy (non-hydrogen) atoms. The van der Waals surface area contributed by atoms with Crippen LogP contribution in [0.15, 0.2) is 58.4 Å². The summed E-state index contributed by atoms with van der Waals surface area (Å²) in [7, 11) is 0. The maximum Gasteiger partial charge on any atom is 0.294 e. The summed E-state index contributed by atoms with van der Waals surface area (Å²) in [6, 6.07) is 10.2. The number of benzene rings is 1. The Morgan fingerprint density at radius 1 is 1.18 bits per heavy atom. The highest BCUT2D eigenvalue weighted by Crippen LogP contribution is 2.24. The number of rotatable bonds is 7. The topological polar surface area (TPSA) is 140 Å². The molecule has 0 saturated heterocycles. The Morgan fingerprint density at radius 2 is 1.97 bits per heavy atom. The third-order valence-electron chi connectivity index (χ3n) is 4.42. The van der Waals surface area contributed by atoms with E-state index in [-0.39, 0.29) is 17.2 Å². The highest BCUT2D eigenvalue weighted by molar-refractivity contribution is 7.99. The second-order valence-corrected chi connectivity index (χ2v) is 7.98. The van der Waals surface area contributed by atoms with Crippen molar-refractivity contribution in [3.63, 3.8) is 0 Å². The van der Waals surface area contributed by atoms with Crippen molar-refractivity contribution in [1.29, 1.82) is 0 Å². The van der Waals surface area contributed by atoms with E-state index in [9.17, 15) is 14.7 Å². The summed E-state index contributed by atoms with van der Waals surface area (Å²) in [5.41, 5.74) is 4.89. The molecule has 0 aliphatic carbocycles. The number of aromatic hydroxyl groups is 1. The summed E-state index contributed by atoms with van der Waals surface area (Å²) in [6.07, 6.45) is 2.83. The largest absolute Gasteiger partial charge is 0.504 e. The number of aromatic nitrogens is 5. The first-order chi connectivity index (χ1) is 16.0. The summed E-state index contributed by atoms with van der Waals surface area (Å²) >= 11 is 7.02. The number of hydrazine groups is 1. The molecular formula is C20H18ClN7O4S. The van der Waals surface area contributed by atoms with Crippen molar-refractivity contribution in [1.82, 2.24) is 35.4 Å². The van der Waals surface area contributed by atoms with Crippen LogP contribution in [-0.2, 0) is 11.3 Å². The lowest BCUT2D eigenvalue weighted by Gasteiger charge is -2.07. The molecular weight excluding hydrogens is 470 g/mol. The standard InChI is InChI=1S/C20H18ClN7O4S/c1-2-27-18(15-4-3-9-32-15)23-25-20(27)33-11-16(30)22-24-19(31)17-14(29)10-28(26-17)13-7-5-12(21)6-8-13/h3-10,29H,2,11H2,1H3,(H,22,30)(H,24,31). The molecule has 3 aromatic heterocycles. The first-order valence-electron chi connectivity index (χ1n) is 9.70. The molecule has 170 valence electrons. The Morgan fingerprint density at radius 3 is 2.67 bits per heavy atom. The third kappa shape index (κ3) is 5.02. The summed E-state index contributed by atoms with van der Waals surface area (Å²) in [5.74, 6) is -0.476. The van der Waals surface area contributed by atoms with E-state index in [1.54, 1.807) is 42.7 Å². The van der Waals surface area contributed by atoms with Gasteiger partial charge >= 0.3 is 0 Å². The lowest BCUT2D eigenvalue weighted by atomic mass is 10.3. The van der Waals surface area contributed by atoms with E-state index in [1.807, 2.05) is 11.5 Å². The number of carbonyl (C=O) groups is 2. The van der Waals surface area contributed by atoms with E-state index in [0.29, 0.717) is 34.0 Å². The van der Waals surface area contributed by atoms with Crippen LogP contribution < -0.4 is 10.9 Å². The molecule has 0 spiro atoms. The molecule has 4 rings (SSSR count). The number of halogens is 1. The molecule has 0 radical (unpaired) electrons. The fraction of sp³-hybridized carbons (Fsp3) is 0.150. The maximum absolute atomic E-state index is 12.4. The minimum Gasteiger partial charge on any atom is -0.504 e. The molecule has 0 bridgehead atoms. The molecule has 0 aliphatic heterocycles. The number of amides is 2. The molecule has 0 aliphatic rings. The first kappa shape index (κ1) is 22.4. The van der Waals surface area contributed by atoms with Crippen LogP contribution >= 0.6 is 23.4 Å². The zero-order valence-electron chi connectivity index (χ0n) is 17.2. The van der Waals surface area contributed by atoms with Crippen LogP contribution in [0, 0.1) is 0 Å². The molecule has 3 N–H and O–H groups in total. The van der Waals surface area contributed by atoms with Crippen molar-refractivity contribution >= 4 is 35.2 Å². The van der Waals surface area contributed by atoms with Gasteiger partial charge in [0.1, 0.15) is 0 Å². The van der Waals surface area contributed by atoms with E-state index in [0.717, 1.165) is 11.8 Å². The lowest BCUT2D eigenvalue weighted by Crippen LogP contribution is -2.42. The average molecular weight is 488 g/mol. The van der Waals surface area contributed by atoms with Gasteiger partial charge in [-0.05, 0) is 43.3 Å². The molecule has 11 nitrogen and oxygen atoms in total. The number of nitrogens with zero attached hydrogens (tertiary/aromatic N) is 5. The molecule has 4 aromatic rings. The fourth-order valence-electron chi connectivity index (χ4n) is 2.87. The van der Waals surface area contributed by atoms with Gasteiger partial charge in [0.2, 0.25) is 5.91 Å². The predicted octanol–water partition coefficient (Wildman–Crippen LogP) is 2.66. The van der Waals surface area contributed by atoms with Crippen molar-refractivity contribution in [3.8, 4) is 23.0 Å². The van der Waals surface area contributed by atoms with Gasteiger partial charge in [0, 0.05) is 11.6 Å². The summed E-state index contributed by atoms with van der Waals surface area (Å²) in [5, 5.41) is 23.4. The third-order valence-corrected chi connectivity index (χ3v) is 5.64. The Labute approximate surface area is 196 Å². The number of furan rings is 1. The predicted molar refractivity (Wildman–Crippen MR) is 120 cm³/mol. The minimum atomic E-state index is -0.768. The Hall–Kier alpha value is -3.77. The zero-order valence-corrected chi connectivity index (χ0v) is 18.8. The van der Waals surface area contributed by atoms with Gasteiger partial charge in [-0.2, -0.15) is 5.10 Å². The van der Waals surface area contributed by atoms with Crippen molar-refractivity contribution in [2.24, 2.45) is 0 Å². The lowest BCUT2D eigenvalue weighted by molar-refractivity contribution is -0.119. The number of nitrogens with one attached hydrogen (secondary N) is 2. The average Bonchev–Trinajstić information content (AvgIpc) is 3.55. The van der Waals surface area contributed by atoms with Crippen LogP contribution in [0.25, 0.3) is 17.3 Å². The molecule has 0 unspecified atom stereocenters. The van der Waals surface area contributed by atoms with E-state index < -0.39 is 11.8 Å². The summed E-state index contributed by atoms with van der Waals surface area (Å²) < 4.78 is 8.50. The highest BCUT2D eigenvalue weighted by Gasteiger charge is 2.19. The van der Waals surface area contributed by atoms with Crippen LogP contribution in [0.4, 0.5) is 0 Å². The van der Waals surface area contributed by atoms with Gasteiger partial charge in [0.25, 0.3) is 5.91 Å². The van der Waals surface area contributed by atoms with E-state index >= 15 is 0 Å². The molecule has 2 amide bonds. The van der Waals surface area contributed by atoms with Crippen molar-refractivity contribution in [3.05, 3.63) is 59.6 Å². The van der Waals surface area contributed by atoms with Gasteiger partial charge in [0.15, 0.2) is 28.2 Å². The SMILES string of the molecule is CCn1c(SCC(=O)NNC(=O)c2nn(-c3ccc(Cl)cc3)cc2O)nnc1-c1ccco1. The number of hydrogen-bond donors (Lipinski definition) is 3. The highest BCUT2D eigenvalue weighted by atomic mass is 35.5. The van der Waals surface area contributed by atoms with Crippen molar-refractivity contribution in [2.75, 3.05) is 5.75 Å². The van der Waals surface area contributed by atoms with E-state index in [4.69, 9.17) is 16.0 Å². The van der Waals surface area contributed by atoms with Crippen molar-refractivity contribution < 1.29 is 19.1 Å². The van der Waals surface area contributed by atoms with E-state index in [1.165, 1.54) is 10.9 Å². The molecule has 0 fully saturated rings. The molecule has 0 saturated carbocycles. The summed E-state index contributed by atoms with van der Waals surface area (Å²) in [6.45, 7) is 2.51. The second kappa shape index (κ2) is 9.79.